The Bertz CT molecular complexity index is 1490. The summed E-state index contributed by atoms with van der Waals surface area (Å²) >= 11 is 0. The molecule has 176 valence electrons. The highest BCUT2D eigenvalue weighted by atomic mass is 16.5. The molecule has 0 bridgehead atoms. The molecule has 6 heteroatoms. The van der Waals surface area contributed by atoms with E-state index in [-0.39, 0.29) is 12.4 Å². The average molecular weight is 467 g/mol. The van der Waals surface area contributed by atoms with Crippen LogP contribution in [-0.2, 0) is 17.7 Å². The van der Waals surface area contributed by atoms with Crippen molar-refractivity contribution in [2.75, 3.05) is 6.61 Å². The van der Waals surface area contributed by atoms with Crippen LogP contribution in [0.2, 0.25) is 0 Å². The van der Waals surface area contributed by atoms with E-state index in [0.29, 0.717) is 29.6 Å². The molecule has 1 aliphatic carbocycles. The zero-order chi connectivity index (χ0) is 24.5. The molecule has 0 saturated carbocycles. The SMILES string of the molecule is C=CCn1c(C)cc(C(=O)COC(=O)c2c3c(nc4ccccc24)C(=Cc2ccco2)CC3)c1C. The highest BCUT2D eigenvalue weighted by Crippen LogP contribution is 2.37. The maximum Gasteiger partial charge on any atom is 0.339 e. The molecule has 0 atom stereocenters. The van der Waals surface area contributed by atoms with Crippen molar-refractivity contribution in [3.05, 3.63) is 101 Å². The van der Waals surface area contributed by atoms with Crippen molar-refractivity contribution in [1.82, 2.24) is 9.55 Å². The zero-order valence-electron chi connectivity index (χ0n) is 19.8. The topological polar surface area (TPSA) is 74.3 Å². The molecule has 0 amide bonds. The maximum atomic E-state index is 13.4. The number of aromatic nitrogens is 2. The molecule has 4 aromatic rings. The van der Waals surface area contributed by atoms with Gasteiger partial charge in [0.2, 0.25) is 5.78 Å². The van der Waals surface area contributed by atoms with Crippen LogP contribution >= 0.6 is 0 Å². The number of rotatable bonds is 7. The summed E-state index contributed by atoms with van der Waals surface area (Å²) in [7, 11) is 0. The van der Waals surface area contributed by atoms with Gasteiger partial charge in [-0.15, -0.1) is 6.58 Å². The quantitative estimate of drug-likeness (QED) is 0.191. The van der Waals surface area contributed by atoms with Gasteiger partial charge in [-0.1, -0.05) is 24.3 Å². The molecular formula is C29H26N2O4. The van der Waals surface area contributed by atoms with Crippen LogP contribution in [0.3, 0.4) is 0 Å². The Balaban J connectivity index is 1.46. The summed E-state index contributed by atoms with van der Waals surface area (Å²) in [6.45, 7) is 7.91. The van der Waals surface area contributed by atoms with Gasteiger partial charge < -0.3 is 13.7 Å². The molecule has 1 aliphatic rings. The Labute approximate surface area is 203 Å². The molecule has 0 unspecified atom stereocenters. The van der Waals surface area contributed by atoms with Crippen LogP contribution in [0.4, 0.5) is 0 Å². The van der Waals surface area contributed by atoms with Crippen molar-refractivity contribution in [3.8, 4) is 0 Å². The van der Waals surface area contributed by atoms with E-state index in [0.717, 1.165) is 45.8 Å². The van der Waals surface area contributed by atoms with Crippen LogP contribution in [0.25, 0.3) is 22.6 Å². The van der Waals surface area contributed by atoms with Gasteiger partial charge in [-0.3, -0.25) is 4.79 Å². The van der Waals surface area contributed by atoms with Crippen molar-refractivity contribution in [2.45, 2.75) is 33.2 Å². The zero-order valence-corrected chi connectivity index (χ0v) is 19.8. The molecule has 5 rings (SSSR count). The first-order valence-electron chi connectivity index (χ1n) is 11.6. The number of hydrogen-bond acceptors (Lipinski definition) is 5. The number of benzene rings is 1. The van der Waals surface area contributed by atoms with Gasteiger partial charge in [-0.25, -0.2) is 9.78 Å². The number of aryl methyl sites for hydroxylation is 1. The standard InChI is InChI=1S/C29H26N2O4/c1-4-13-31-18(2)15-24(19(31)3)26(32)17-35-29(33)27-22-9-5-6-10-25(22)30-28-20(11-12-23(27)28)16-21-8-7-14-34-21/h4-10,14-16H,1,11-13,17H2,2-3H3. The summed E-state index contributed by atoms with van der Waals surface area (Å²) in [5.41, 5.74) is 6.21. The van der Waals surface area contributed by atoms with E-state index in [4.69, 9.17) is 14.1 Å². The van der Waals surface area contributed by atoms with Crippen molar-refractivity contribution in [1.29, 1.82) is 0 Å². The second-order valence-corrected chi connectivity index (χ2v) is 8.70. The van der Waals surface area contributed by atoms with Crippen LogP contribution in [0.1, 0.15) is 55.5 Å². The molecule has 0 aliphatic heterocycles. The third-order valence-corrected chi connectivity index (χ3v) is 6.53. The Morgan fingerprint density at radius 3 is 2.77 bits per heavy atom. The number of para-hydroxylation sites is 1. The van der Waals surface area contributed by atoms with Gasteiger partial charge in [0.1, 0.15) is 5.76 Å². The van der Waals surface area contributed by atoms with E-state index in [9.17, 15) is 9.59 Å². The van der Waals surface area contributed by atoms with E-state index in [1.165, 1.54) is 0 Å². The number of carbonyl (C=O) groups is 2. The fourth-order valence-corrected chi connectivity index (χ4v) is 4.83. The Morgan fingerprint density at radius 1 is 1.17 bits per heavy atom. The summed E-state index contributed by atoms with van der Waals surface area (Å²) in [5.74, 6) is 0.00843. The Kier molecular flexibility index (Phi) is 5.95. The molecule has 0 spiro atoms. The summed E-state index contributed by atoms with van der Waals surface area (Å²) in [5, 5.41) is 0.729. The van der Waals surface area contributed by atoms with Gasteiger partial charge >= 0.3 is 5.97 Å². The van der Waals surface area contributed by atoms with Crippen LogP contribution in [-0.4, -0.2) is 27.9 Å². The van der Waals surface area contributed by atoms with E-state index in [1.54, 1.807) is 12.3 Å². The number of ketones is 1. The molecule has 1 aromatic carbocycles. The van der Waals surface area contributed by atoms with E-state index >= 15 is 0 Å². The molecule has 3 heterocycles. The molecule has 0 N–H and O–H groups in total. The molecule has 0 fully saturated rings. The van der Waals surface area contributed by atoms with Crippen LogP contribution < -0.4 is 0 Å². The number of allylic oxidation sites excluding steroid dienone is 2. The van der Waals surface area contributed by atoms with Gasteiger partial charge in [0.25, 0.3) is 0 Å². The smallest absolute Gasteiger partial charge is 0.339 e. The molecular weight excluding hydrogens is 440 g/mol. The van der Waals surface area contributed by atoms with E-state index < -0.39 is 5.97 Å². The minimum atomic E-state index is -0.507. The monoisotopic (exact) mass is 466 g/mol. The van der Waals surface area contributed by atoms with Crippen LogP contribution in [0.5, 0.6) is 0 Å². The summed E-state index contributed by atoms with van der Waals surface area (Å²) in [6.07, 6.45) is 6.79. The van der Waals surface area contributed by atoms with Gasteiger partial charge in [0.05, 0.1) is 23.0 Å². The van der Waals surface area contributed by atoms with E-state index in [1.807, 2.05) is 67.0 Å². The number of furan rings is 1. The normalized spacial score (nSPS) is 13.8. The summed E-state index contributed by atoms with van der Waals surface area (Å²) in [4.78, 5) is 31.2. The number of hydrogen-bond donors (Lipinski definition) is 0. The number of esters is 1. The lowest BCUT2D eigenvalue weighted by Gasteiger charge is -2.12. The lowest BCUT2D eigenvalue weighted by atomic mass is 10.0. The van der Waals surface area contributed by atoms with Gasteiger partial charge in [-0.2, -0.15) is 0 Å². The van der Waals surface area contributed by atoms with Crippen molar-refractivity contribution >= 4 is 34.3 Å². The summed E-state index contributed by atoms with van der Waals surface area (Å²) in [6, 6.07) is 13.1. The highest BCUT2D eigenvalue weighted by molar-refractivity contribution is 6.08. The number of carbonyl (C=O) groups excluding carboxylic acids is 2. The second kappa shape index (κ2) is 9.22. The fourth-order valence-electron chi connectivity index (χ4n) is 4.83. The first kappa shape index (κ1) is 22.6. The van der Waals surface area contributed by atoms with Gasteiger partial charge in [0, 0.05) is 28.9 Å². The molecule has 35 heavy (non-hydrogen) atoms. The number of nitrogens with zero attached hydrogens (tertiary/aromatic N) is 2. The van der Waals surface area contributed by atoms with Crippen molar-refractivity contribution in [3.63, 3.8) is 0 Å². The second-order valence-electron chi connectivity index (χ2n) is 8.70. The first-order valence-corrected chi connectivity index (χ1v) is 11.6. The third kappa shape index (κ3) is 4.12. The van der Waals surface area contributed by atoms with Crippen molar-refractivity contribution in [2.24, 2.45) is 0 Å². The molecule has 6 nitrogen and oxygen atoms in total. The third-order valence-electron chi connectivity index (χ3n) is 6.53. The van der Waals surface area contributed by atoms with Crippen LogP contribution in [0, 0.1) is 13.8 Å². The summed E-state index contributed by atoms with van der Waals surface area (Å²) < 4.78 is 13.1. The lowest BCUT2D eigenvalue weighted by Crippen LogP contribution is -2.17. The largest absolute Gasteiger partial charge is 0.465 e. The Hall–Kier alpha value is -4.19. The predicted octanol–water partition coefficient (Wildman–Crippen LogP) is 5.96. The molecule has 3 aromatic heterocycles. The predicted molar refractivity (Wildman–Crippen MR) is 135 cm³/mol. The highest BCUT2D eigenvalue weighted by Gasteiger charge is 2.28. The minimum Gasteiger partial charge on any atom is -0.465 e. The minimum absolute atomic E-state index is 0.227. The number of ether oxygens (including phenoxy) is 1. The maximum absolute atomic E-state index is 13.4. The Morgan fingerprint density at radius 2 is 2.00 bits per heavy atom. The fraction of sp³-hybridized carbons (Fsp3) is 0.207. The first-order chi connectivity index (χ1) is 17.0. The lowest BCUT2D eigenvalue weighted by molar-refractivity contribution is 0.0475. The number of fused-ring (bicyclic) bond motifs is 2. The number of Topliss-reactive ketones (excluding diaryl/α,β-unsaturated/α-hetero) is 1. The number of pyridine rings is 1. The van der Waals surface area contributed by atoms with Crippen molar-refractivity contribution < 1.29 is 18.7 Å². The molecule has 0 radical (unpaired) electrons. The molecule has 0 saturated heterocycles. The van der Waals surface area contributed by atoms with Gasteiger partial charge in [-0.05, 0) is 68.2 Å². The average Bonchev–Trinajstić information content (AvgIpc) is 3.58. The van der Waals surface area contributed by atoms with Gasteiger partial charge in [0.15, 0.2) is 6.61 Å². The van der Waals surface area contributed by atoms with E-state index in [2.05, 4.69) is 6.58 Å². The van der Waals surface area contributed by atoms with Crippen LogP contribution in [0.15, 0.2) is 65.8 Å².